The molecular formula is C4H5FO2S2. The van der Waals surface area contributed by atoms with Crippen LogP contribution in [0.1, 0.15) is 6.92 Å². The maximum absolute atomic E-state index is 11.7. The van der Waals surface area contributed by atoms with Gasteiger partial charge < -0.3 is 4.74 Å². The Bertz CT molecular complexity index is 112. The van der Waals surface area contributed by atoms with Crippen LogP contribution in [0.4, 0.5) is 4.39 Å². The summed E-state index contributed by atoms with van der Waals surface area (Å²) in [5, 5.41) is 0. The topological polar surface area (TPSA) is 26.3 Å². The first-order chi connectivity index (χ1) is 4.13. The van der Waals surface area contributed by atoms with Gasteiger partial charge in [0, 0.05) is 6.92 Å². The van der Waals surface area contributed by atoms with Crippen molar-refractivity contribution in [2.75, 3.05) is 5.94 Å². The summed E-state index contributed by atoms with van der Waals surface area (Å²) in [5.74, 6) is -0.469. The summed E-state index contributed by atoms with van der Waals surface area (Å²) in [5.41, 5.74) is 0. The minimum Gasteiger partial charge on any atom is -0.454 e. The normalized spacial score (nSPS) is 8.67. The number of esters is 1. The molecular weight excluding hydrogens is 163 g/mol. The molecule has 0 spiro atoms. The van der Waals surface area contributed by atoms with E-state index in [0.717, 1.165) is 0 Å². The lowest BCUT2D eigenvalue weighted by Crippen LogP contribution is -1.97. The number of thioether (sulfide) groups is 1. The Morgan fingerprint density at radius 1 is 1.89 bits per heavy atom. The summed E-state index contributed by atoms with van der Waals surface area (Å²) in [4.78, 5) is 10.0. The van der Waals surface area contributed by atoms with E-state index in [2.05, 4.69) is 17.0 Å². The molecule has 0 bridgehead atoms. The van der Waals surface area contributed by atoms with Crippen molar-refractivity contribution in [1.29, 1.82) is 0 Å². The van der Waals surface area contributed by atoms with Gasteiger partial charge in [-0.15, -0.1) is 0 Å². The highest BCUT2D eigenvalue weighted by Crippen LogP contribution is 2.04. The zero-order valence-corrected chi connectivity index (χ0v) is 6.35. The second-order valence-electron chi connectivity index (χ2n) is 1.14. The predicted octanol–water partition coefficient (Wildman–Crippen LogP) is 1.49. The minimum atomic E-state index is -0.712. The van der Waals surface area contributed by atoms with E-state index in [1.54, 1.807) is 0 Å². The predicted molar refractivity (Wildman–Crippen MR) is 37.9 cm³/mol. The van der Waals surface area contributed by atoms with Gasteiger partial charge in [-0.1, -0.05) is 0 Å². The molecule has 0 atom stereocenters. The molecule has 0 aromatic carbocycles. The fourth-order valence-electron chi connectivity index (χ4n) is 0.159. The van der Waals surface area contributed by atoms with E-state index in [4.69, 9.17) is 0 Å². The van der Waals surface area contributed by atoms with Crippen molar-refractivity contribution in [2.45, 2.75) is 6.92 Å². The summed E-state index contributed by atoms with van der Waals surface area (Å²) in [6, 6.07) is 0. The molecule has 0 heterocycles. The molecule has 2 nitrogen and oxygen atoms in total. The zero-order chi connectivity index (χ0) is 7.28. The number of rotatable bonds is 2. The number of carbonyl (C=O) groups is 1. The van der Waals surface area contributed by atoms with Crippen LogP contribution < -0.4 is 0 Å². The molecule has 0 fully saturated rings. The second kappa shape index (κ2) is 4.69. The number of hydrogen-bond donors (Lipinski definition) is 0. The van der Waals surface area contributed by atoms with Gasteiger partial charge in [0.1, 0.15) is 5.94 Å². The van der Waals surface area contributed by atoms with Gasteiger partial charge in [-0.05, 0) is 24.0 Å². The SMILES string of the molecule is CC(=O)OCSC(F)=S. The average molecular weight is 168 g/mol. The highest BCUT2D eigenvalue weighted by Gasteiger charge is 1.95. The first-order valence-electron chi connectivity index (χ1n) is 2.08. The van der Waals surface area contributed by atoms with E-state index in [0.29, 0.717) is 11.8 Å². The Balaban J connectivity index is 3.10. The Kier molecular flexibility index (Phi) is 4.61. The van der Waals surface area contributed by atoms with Crippen LogP contribution in [0.3, 0.4) is 0 Å². The van der Waals surface area contributed by atoms with Crippen LogP contribution in [-0.4, -0.2) is 16.4 Å². The monoisotopic (exact) mass is 168 g/mol. The van der Waals surface area contributed by atoms with E-state index in [9.17, 15) is 9.18 Å². The number of carbonyl (C=O) groups excluding carboxylic acids is 1. The van der Waals surface area contributed by atoms with Crippen LogP contribution in [0, 0.1) is 0 Å². The molecule has 0 rings (SSSR count). The molecule has 5 heteroatoms. The minimum absolute atomic E-state index is 0.0370. The van der Waals surface area contributed by atoms with Crippen molar-refractivity contribution in [2.24, 2.45) is 0 Å². The maximum Gasteiger partial charge on any atom is 0.303 e. The smallest absolute Gasteiger partial charge is 0.303 e. The lowest BCUT2D eigenvalue weighted by molar-refractivity contribution is -0.138. The Hall–Kier alpha value is -0.160. The standard InChI is InChI=1S/C4H5FO2S2/c1-3(6)7-2-9-4(5)8/h2H2,1H3. The first-order valence-corrected chi connectivity index (χ1v) is 3.48. The second-order valence-corrected chi connectivity index (χ2v) is 2.64. The maximum atomic E-state index is 11.7. The van der Waals surface area contributed by atoms with Gasteiger partial charge in [0.2, 0.25) is 4.45 Å². The van der Waals surface area contributed by atoms with Crippen LogP contribution >= 0.6 is 24.0 Å². The average Bonchev–Trinajstić information content (AvgIpc) is 1.63. The van der Waals surface area contributed by atoms with Crippen molar-refractivity contribution in [3.05, 3.63) is 0 Å². The van der Waals surface area contributed by atoms with Gasteiger partial charge >= 0.3 is 5.97 Å². The molecule has 0 N–H and O–H groups in total. The van der Waals surface area contributed by atoms with E-state index < -0.39 is 10.4 Å². The first kappa shape index (κ1) is 8.84. The molecule has 0 aromatic rings. The van der Waals surface area contributed by atoms with Gasteiger partial charge in [-0.2, -0.15) is 4.39 Å². The molecule has 0 saturated carbocycles. The van der Waals surface area contributed by atoms with Crippen LogP contribution in [0.25, 0.3) is 0 Å². The van der Waals surface area contributed by atoms with Gasteiger partial charge in [0.25, 0.3) is 0 Å². The molecule has 0 aromatic heterocycles. The van der Waals surface area contributed by atoms with Crippen molar-refractivity contribution >= 4 is 34.4 Å². The molecule has 0 amide bonds. The van der Waals surface area contributed by atoms with E-state index in [1.807, 2.05) is 0 Å². The summed E-state index contributed by atoms with van der Waals surface area (Å²) in [6.07, 6.45) is 0. The molecule has 0 aliphatic heterocycles. The molecule has 0 saturated heterocycles. The third-order valence-corrected chi connectivity index (χ3v) is 1.25. The van der Waals surface area contributed by atoms with E-state index in [1.165, 1.54) is 6.92 Å². The van der Waals surface area contributed by atoms with Crippen molar-refractivity contribution in [1.82, 2.24) is 0 Å². The van der Waals surface area contributed by atoms with E-state index in [-0.39, 0.29) is 5.94 Å². The molecule has 0 aliphatic rings. The van der Waals surface area contributed by atoms with Crippen LogP contribution in [-0.2, 0) is 9.53 Å². The Morgan fingerprint density at radius 2 is 2.44 bits per heavy atom. The third-order valence-electron chi connectivity index (χ3n) is 0.435. The van der Waals surface area contributed by atoms with Gasteiger partial charge in [-0.3, -0.25) is 4.79 Å². The lowest BCUT2D eigenvalue weighted by atomic mass is 10.8. The zero-order valence-electron chi connectivity index (χ0n) is 4.72. The van der Waals surface area contributed by atoms with Crippen molar-refractivity contribution in [3.63, 3.8) is 0 Å². The highest BCUT2D eigenvalue weighted by atomic mass is 32.2. The Labute approximate surface area is 61.8 Å². The largest absolute Gasteiger partial charge is 0.454 e. The number of thiocarbonyl (C=S) groups is 1. The molecule has 0 aliphatic carbocycles. The summed E-state index contributed by atoms with van der Waals surface area (Å²) >= 11 is 4.73. The molecule has 52 valence electrons. The Morgan fingerprint density at radius 3 is 2.78 bits per heavy atom. The molecule has 0 unspecified atom stereocenters. The quantitative estimate of drug-likeness (QED) is 0.270. The molecule has 9 heavy (non-hydrogen) atoms. The third kappa shape index (κ3) is 7.84. The highest BCUT2D eigenvalue weighted by molar-refractivity contribution is 8.22. The van der Waals surface area contributed by atoms with Gasteiger partial charge in [-0.25, -0.2) is 0 Å². The number of ether oxygens (including phenoxy) is 1. The van der Waals surface area contributed by atoms with Crippen LogP contribution in [0.5, 0.6) is 0 Å². The number of halogens is 1. The summed E-state index contributed by atoms with van der Waals surface area (Å²) < 4.78 is 15.3. The van der Waals surface area contributed by atoms with Gasteiger partial charge in [0.15, 0.2) is 0 Å². The van der Waals surface area contributed by atoms with Crippen molar-refractivity contribution in [3.8, 4) is 0 Å². The lowest BCUT2D eigenvalue weighted by Gasteiger charge is -1.95. The van der Waals surface area contributed by atoms with E-state index >= 15 is 0 Å². The fraction of sp³-hybridized carbons (Fsp3) is 0.500. The molecule has 0 radical (unpaired) electrons. The van der Waals surface area contributed by atoms with Crippen molar-refractivity contribution < 1.29 is 13.9 Å². The summed E-state index contributed by atoms with van der Waals surface area (Å²) in [6.45, 7) is 1.25. The number of hydrogen-bond acceptors (Lipinski definition) is 4. The van der Waals surface area contributed by atoms with Gasteiger partial charge in [0.05, 0.1) is 0 Å². The fourth-order valence-corrected chi connectivity index (χ4v) is 0.621. The van der Waals surface area contributed by atoms with Crippen LogP contribution in [0.2, 0.25) is 0 Å². The summed E-state index contributed by atoms with van der Waals surface area (Å²) in [7, 11) is 0. The van der Waals surface area contributed by atoms with Crippen LogP contribution in [0.15, 0.2) is 0 Å².